The van der Waals surface area contributed by atoms with Gasteiger partial charge in [-0.3, -0.25) is 4.79 Å². The molecule has 2 bridgehead atoms. The predicted octanol–water partition coefficient (Wildman–Crippen LogP) is 2.96. The van der Waals surface area contributed by atoms with E-state index in [0.717, 1.165) is 17.9 Å². The van der Waals surface area contributed by atoms with Gasteiger partial charge in [-0.05, 0) is 36.2 Å². The summed E-state index contributed by atoms with van der Waals surface area (Å²) < 4.78 is 5.18. The average Bonchev–Trinajstić information content (AvgIpc) is 2.50. The molecule has 0 saturated carbocycles. The van der Waals surface area contributed by atoms with Crippen LogP contribution >= 0.6 is 0 Å². The van der Waals surface area contributed by atoms with E-state index in [0.29, 0.717) is 5.56 Å². The lowest BCUT2D eigenvalue weighted by Gasteiger charge is -2.11. The highest BCUT2D eigenvalue weighted by molar-refractivity contribution is 5.94. The maximum absolute atomic E-state index is 10.8. The highest BCUT2D eigenvalue weighted by Crippen LogP contribution is 2.19. The number of hydrogen-bond acceptors (Lipinski definition) is 3. The van der Waals surface area contributed by atoms with Crippen molar-refractivity contribution >= 4 is 5.78 Å². The molecule has 0 radical (unpaired) electrons. The van der Waals surface area contributed by atoms with Crippen LogP contribution in [0.3, 0.4) is 0 Å². The molecule has 0 aromatic heterocycles. The zero-order valence-electron chi connectivity index (χ0n) is 10.8. The third-order valence-electron chi connectivity index (χ3n) is 2.84. The fourth-order valence-corrected chi connectivity index (χ4v) is 1.74. The van der Waals surface area contributed by atoms with E-state index >= 15 is 0 Å². The first-order chi connectivity index (χ1) is 9.19. The highest BCUT2D eigenvalue weighted by Gasteiger charge is 2.01. The molecule has 2 aliphatic rings. The van der Waals surface area contributed by atoms with Crippen LogP contribution in [-0.4, -0.2) is 10.9 Å². The highest BCUT2D eigenvalue weighted by atomic mass is 16.5. The molecule has 2 aromatic carbocycles. The predicted molar refractivity (Wildman–Crippen MR) is 73.1 cm³/mol. The molecule has 98 valence electrons. The van der Waals surface area contributed by atoms with Gasteiger partial charge in [-0.15, -0.1) is 0 Å². The zero-order valence-corrected chi connectivity index (χ0v) is 10.8. The van der Waals surface area contributed by atoms with E-state index in [2.05, 4.69) is 12.1 Å². The number of carbonyl (C=O) groups excluding carboxylic acids is 1. The van der Waals surface area contributed by atoms with Gasteiger partial charge in [0.1, 0.15) is 12.4 Å². The Balaban J connectivity index is 0.000000146. The standard InChI is InChI=1S/C9H10O2.C7H6O/c1-7(11)9-4-2-3-8(5-9)6-10;1-3-7-4-2-6(1)5-8-7/h2-5,10H,6H2,1H3;1-4H,5H2. The van der Waals surface area contributed by atoms with Gasteiger partial charge in [-0.2, -0.15) is 0 Å². The molecule has 19 heavy (non-hydrogen) atoms. The van der Waals surface area contributed by atoms with E-state index in [1.807, 2.05) is 12.1 Å². The first-order valence-electron chi connectivity index (χ1n) is 6.11. The number of benzene rings is 2. The van der Waals surface area contributed by atoms with Crippen LogP contribution in [0.2, 0.25) is 0 Å². The van der Waals surface area contributed by atoms with Gasteiger partial charge in [-0.25, -0.2) is 0 Å². The van der Waals surface area contributed by atoms with Gasteiger partial charge in [0.2, 0.25) is 0 Å². The van der Waals surface area contributed by atoms with Crippen LogP contribution in [0.4, 0.5) is 0 Å². The lowest BCUT2D eigenvalue weighted by atomic mass is 10.1. The van der Waals surface area contributed by atoms with E-state index in [1.54, 1.807) is 24.3 Å². The van der Waals surface area contributed by atoms with Crippen LogP contribution in [-0.2, 0) is 13.2 Å². The summed E-state index contributed by atoms with van der Waals surface area (Å²) in [5, 5.41) is 8.73. The largest absolute Gasteiger partial charge is 0.489 e. The lowest BCUT2D eigenvalue weighted by molar-refractivity contribution is 0.101. The van der Waals surface area contributed by atoms with Gasteiger partial charge in [0.05, 0.1) is 6.61 Å². The average molecular weight is 256 g/mol. The van der Waals surface area contributed by atoms with Crippen molar-refractivity contribution in [3.8, 4) is 5.75 Å². The Kier molecular flexibility index (Phi) is 4.31. The molecule has 1 N–H and O–H groups in total. The molecule has 0 atom stereocenters. The Morgan fingerprint density at radius 3 is 2.32 bits per heavy atom. The molecular formula is C16H16O3. The van der Waals surface area contributed by atoms with Crippen LogP contribution in [0.15, 0.2) is 48.5 Å². The molecule has 3 heteroatoms. The van der Waals surface area contributed by atoms with Crippen molar-refractivity contribution in [2.45, 2.75) is 20.1 Å². The van der Waals surface area contributed by atoms with Gasteiger partial charge in [-0.1, -0.05) is 30.3 Å². The first kappa shape index (κ1) is 13.3. The minimum Gasteiger partial charge on any atom is -0.489 e. The fraction of sp³-hybridized carbons (Fsp3) is 0.188. The Hall–Kier alpha value is -2.13. The van der Waals surface area contributed by atoms with E-state index in [-0.39, 0.29) is 12.4 Å². The Morgan fingerprint density at radius 2 is 1.95 bits per heavy atom. The van der Waals surface area contributed by atoms with Crippen molar-refractivity contribution < 1.29 is 14.6 Å². The summed E-state index contributed by atoms with van der Waals surface area (Å²) in [7, 11) is 0. The Morgan fingerprint density at radius 1 is 1.21 bits per heavy atom. The van der Waals surface area contributed by atoms with Crippen LogP contribution in [0.1, 0.15) is 28.4 Å². The maximum atomic E-state index is 10.8. The van der Waals surface area contributed by atoms with Crippen molar-refractivity contribution in [1.29, 1.82) is 0 Å². The van der Waals surface area contributed by atoms with Crippen LogP contribution < -0.4 is 4.74 Å². The topological polar surface area (TPSA) is 46.5 Å². The number of fused-ring (bicyclic) bond motifs is 3. The SMILES string of the molecule is CC(=O)c1cccc(CO)c1.c1cc2ccc1CO2. The summed E-state index contributed by atoms with van der Waals surface area (Å²) in [6.07, 6.45) is 0. The first-order valence-corrected chi connectivity index (χ1v) is 6.11. The fourth-order valence-electron chi connectivity index (χ4n) is 1.74. The van der Waals surface area contributed by atoms with E-state index in [9.17, 15) is 4.79 Å². The van der Waals surface area contributed by atoms with E-state index in [1.165, 1.54) is 12.5 Å². The minimum atomic E-state index is -0.0128. The van der Waals surface area contributed by atoms with Crippen molar-refractivity contribution in [2.75, 3.05) is 0 Å². The van der Waals surface area contributed by atoms with Crippen LogP contribution in [0.5, 0.6) is 5.75 Å². The molecular weight excluding hydrogens is 240 g/mol. The number of aliphatic hydroxyl groups is 1. The number of hydrogen-bond donors (Lipinski definition) is 1. The number of ether oxygens (including phenoxy) is 1. The van der Waals surface area contributed by atoms with E-state index < -0.39 is 0 Å². The molecule has 4 rings (SSSR count). The van der Waals surface area contributed by atoms with Crippen molar-refractivity contribution in [3.05, 3.63) is 65.2 Å². The van der Waals surface area contributed by atoms with Crippen LogP contribution in [0.25, 0.3) is 0 Å². The molecule has 0 aliphatic carbocycles. The normalized spacial score (nSPS) is 11.3. The molecule has 0 unspecified atom stereocenters. The van der Waals surface area contributed by atoms with Crippen molar-refractivity contribution in [1.82, 2.24) is 0 Å². The molecule has 3 nitrogen and oxygen atoms in total. The lowest BCUT2D eigenvalue weighted by Crippen LogP contribution is -2.00. The second-order valence-electron chi connectivity index (χ2n) is 4.35. The molecule has 0 fully saturated rings. The third kappa shape index (κ3) is 3.66. The van der Waals surface area contributed by atoms with Crippen LogP contribution in [0, 0.1) is 0 Å². The zero-order chi connectivity index (χ0) is 13.7. The summed E-state index contributed by atoms with van der Waals surface area (Å²) in [6, 6.07) is 15.1. The maximum Gasteiger partial charge on any atom is 0.159 e. The minimum absolute atomic E-state index is 0.0128. The van der Waals surface area contributed by atoms with E-state index in [4.69, 9.17) is 9.84 Å². The Bertz CT molecular complexity index is 535. The molecule has 2 aliphatic heterocycles. The van der Waals surface area contributed by atoms with Crippen molar-refractivity contribution in [3.63, 3.8) is 0 Å². The van der Waals surface area contributed by atoms with Gasteiger partial charge in [0.15, 0.2) is 5.78 Å². The summed E-state index contributed by atoms with van der Waals surface area (Å²) in [5.74, 6) is 1.01. The van der Waals surface area contributed by atoms with Crippen molar-refractivity contribution in [2.24, 2.45) is 0 Å². The monoisotopic (exact) mass is 256 g/mol. The molecule has 0 amide bonds. The third-order valence-corrected chi connectivity index (χ3v) is 2.84. The summed E-state index contributed by atoms with van der Waals surface area (Å²) in [5.41, 5.74) is 2.69. The summed E-state index contributed by atoms with van der Waals surface area (Å²) in [4.78, 5) is 10.8. The summed E-state index contributed by atoms with van der Waals surface area (Å²) in [6.45, 7) is 2.26. The molecule has 2 heterocycles. The number of rotatable bonds is 2. The molecule has 2 aromatic rings. The Labute approximate surface area is 112 Å². The number of aliphatic hydroxyl groups excluding tert-OH is 1. The van der Waals surface area contributed by atoms with Gasteiger partial charge in [0, 0.05) is 5.56 Å². The number of ketones is 1. The van der Waals surface area contributed by atoms with Gasteiger partial charge in [0.25, 0.3) is 0 Å². The number of Topliss-reactive ketones (excluding diaryl/α,β-unsaturated/α-hetero) is 1. The van der Waals surface area contributed by atoms with Gasteiger partial charge < -0.3 is 9.84 Å². The van der Waals surface area contributed by atoms with Gasteiger partial charge >= 0.3 is 0 Å². The molecule has 0 saturated heterocycles. The smallest absolute Gasteiger partial charge is 0.159 e. The summed E-state index contributed by atoms with van der Waals surface area (Å²) >= 11 is 0. The second-order valence-corrected chi connectivity index (χ2v) is 4.35. The second kappa shape index (κ2) is 6.16. The molecule has 0 spiro atoms. The quantitative estimate of drug-likeness (QED) is 0.840. The number of carbonyl (C=O) groups is 1.